The first-order valence-electron chi connectivity index (χ1n) is 32.8. The minimum atomic E-state index is -4.74. The Labute approximate surface area is 565 Å². The maximum absolute atomic E-state index is 15.9. The van der Waals surface area contributed by atoms with Gasteiger partial charge in [-0.2, -0.15) is 13.2 Å². The van der Waals surface area contributed by atoms with E-state index >= 15 is 13.2 Å². The lowest BCUT2D eigenvalue weighted by Gasteiger charge is -2.44. The number of fused-ring (bicyclic) bond motifs is 7. The van der Waals surface area contributed by atoms with Gasteiger partial charge in [-0.3, -0.25) is 0 Å². The Morgan fingerprint density at radius 3 is 1.06 bits per heavy atom. The first-order chi connectivity index (χ1) is 48.2. The number of para-hydroxylation sites is 3. The molecule has 2 aromatic heterocycles. The number of hydrogen-bond acceptors (Lipinski definition) is 5. The predicted octanol–water partition coefficient (Wildman–Crippen LogP) is 21.4. The molecule has 4 heterocycles. The Morgan fingerprint density at radius 1 is 0.255 bits per heavy atom. The summed E-state index contributed by atoms with van der Waals surface area (Å²) in [6.45, 7) is -0.183. The van der Waals surface area contributed by atoms with E-state index in [-0.39, 0.29) is 18.2 Å². The monoisotopic (exact) mass is 1260 g/mol. The molecule has 18 rings (SSSR count). The van der Waals surface area contributed by atoms with Crippen LogP contribution < -0.4 is 26.2 Å². The second kappa shape index (κ2) is 23.7. The standard InChI is InChI=1S/C88H56BF3N6/c90-88(91,92)74-45-43-64(87-94-85(61-33-15-5-16-34-61)93-86(95-87)62-35-17-6-18-36-62)54-81(74)98-77-40-22-19-37-72(77)73-53-63(44-46-78(73)98)69-55-82-84-83(56-69)97(71-51-67(59-29-11-3-12-30-59)48-68(52-71)60-31-13-4-14-32-60)80-42-24-21-39-76(80)89(84)75-38-20-23-41-79(75)96(82)70-49-65(57-25-7-1-8-26-57)47-66(50-70)58-27-9-2-10-28-58/h1-56H. The summed E-state index contributed by atoms with van der Waals surface area (Å²) < 4.78 is 49.6. The first-order valence-corrected chi connectivity index (χ1v) is 32.8. The highest BCUT2D eigenvalue weighted by Gasteiger charge is 2.44. The van der Waals surface area contributed by atoms with Crippen LogP contribution in [0.2, 0.25) is 0 Å². The van der Waals surface area contributed by atoms with E-state index in [9.17, 15) is 0 Å². The average Bonchev–Trinajstić information content (AvgIpc) is 0.743. The van der Waals surface area contributed by atoms with Crippen molar-refractivity contribution in [1.29, 1.82) is 0 Å². The maximum Gasteiger partial charge on any atom is 0.418 e. The molecule has 0 amide bonds. The molecule has 0 bridgehead atoms. The zero-order valence-electron chi connectivity index (χ0n) is 52.7. The fraction of sp³-hybridized carbons (Fsp3) is 0.0114. The van der Waals surface area contributed by atoms with Crippen molar-refractivity contribution in [2.45, 2.75) is 6.18 Å². The molecule has 0 saturated carbocycles. The van der Waals surface area contributed by atoms with E-state index in [1.165, 1.54) is 17.0 Å². The molecule has 0 saturated heterocycles. The van der Waals surface area contributed by atoms with Crippen LogP contribution in [0.4, 0.5) is 47.3 Å². The van der Waals surface area contributed by atoms with Crippen LogP contribution in [0.1, 0.15) is 5.56 Å². The van der Waals surface area contributed by atoms with Crippen LogP contribution in [0.25, 0.3) is 117 Å². The van der Waals surface area contributed by atoms with Crippen molar-refractivity contribution in [2.24, 2.45) is 0 Å². The van der Waals surface area contributed by atoms with Gasteiger partial charge in [0.2, 0.25) is 0 Å². The number of halogens is 3. The van der Waals surface area contributed by atoms with Gasteiger partial charge in [0.05, 0.1) is 22.3 Å². The summed E-state index contributed by atoms with van der Waals surface area (Å²) >= 11 is 0. The van der Waals surface area contributed by atoms with Crippen molar-refractivity contribution in [2.75, 3.05) is 9.80 Å². The van der Waals surface area contributed by atoms with Crippen LogP contribution in [0.15, 0.2) is 340 Å². The third-order valence-corrected chi connectivity index (χ3v) is 19.2. The van der Waals surface area contributed by atoms with Crippen molar-refractivity contribution >= 4 is 79.0 Å². The van der Waals surface area contributed by atoms with E-state index in [0.717, 1.165) is 123 Å². The lowest BCUT2D eigenvalue weighted by atomic mass is 9.33. The predicted molar refractivity (Wildman–Crippen MR) is 397 cm³/mol. The minimum Gasteiger partial charge on any atom is -0.311 e. The molecule has 0 N–H and O–H groups in total. The topological polar surface area (TPSA) is 50.1 Å². The third-order valence-electron chi connectivity index (χ3n) is 19.2. The molecule has 10 heteroatoms. The normalized spacial score (nSPS) is 12.4. The van der Waals surface area contributed by atoms with Crippen molar-refractivity contribution in [3.05, 3.63) is 345 Å². The fourth-order valence-corrected chi connectivity index (χ4v) is 14.7. The van der Waals surface area contributed by atoms with E-state index in [2.05, 4.69) is 240 Å². The van der Waals surface area contributed by atoms with Gasteiger partial charge in [0.1, 0.15) is 0 Å². The SMILES string of the molecule is FC(F)(F)c1ccc(-c2nc(-c3ccccc3)nc(-c3ccccc3)n2)cc1-n1c2ccccc2c2cc(-c3cc4c5c(c3)N(c3cc(-c6ccccc6)cc(-c6ccccc6)c3)c3ccccc3B5c3ccccc3N4c3cc(-c4ccccc4)cc(-c4ccccc4)c3)ccc21. The summed E-state index contributed by atoms with van der Waals surface area (Å²) in [6, 6.07) is 116. The summed E-state index contributed by atoms with van der Waals surface area (Å²) in [5, 5.41) is 1.58. The number of aromatic nitrogens is 4. The summed E-state index contributed by atoms with van der Waals surface area (Å²) in [7, 11) is 0. The van der Waals surface area contributed by atoms with Crippen molar-refractivity contribution < 1.29 is 13.2 Å². The molecule has 0 radical (unpaired) electrons. The Balaban J connectivity index is 0.891. The van der Waals surface area contributed by atoms with E-state index in [0.29, 0.717) is 28.2 Å². The van der Waals surface area contributed by atoms with Crippen LogP contribution in [-0.4, -0.2) is 26.2 Å². The zero-order chi connectivity index (χ0) is 65.4. The Hall–Kier alpha value is -12.7. The summed E-state index contributed by atoms with van der Waals surface area (Å²) in [5.41, 5.74) is 22.4. The van der Waals surface area contributed by atoms with Crippen LogP contribution in [0, 0.1) is 0 Å². The molecule has 2 aliphatic rings. The number of nitrogens with zero attached hydrogens (tertiary/aromatic N) is 6. The molecule has 14 aromatic carbocycles. The number of alkyl halides is 3. The van der Waals surface area contributed by atoms with Gasteiger partial charge < -0.3 is 14.4 Å². The van der Waals surface area contributed by atoms with E-state index in [1.807, 2.05) is 91.0 Å². The maximum atomic E-state index is 15.9. The molecule has 0 fully saturated rings. The zero-order valence-corrected chi connectivity index (χ0v) is 52.7. The Bertz CT molecular complexity index is 5380. The van der Waals surface area contributed by atoms with E-state index < -0.39 is 11.7 Å². The van der Waals surface area contributed by atoms with Crippen LogP contribution in [-0.2, 0) is 6.18 Å². The molecule has 98 heavy (non-hydrogen) atoms. The van der Waals surface area contributed by atoms with Gasteiger partial charge in [0.25, 0.3) is 6.71 Å². The van der Waals surface area contributed by atoms with Crippen molar-refractivity contribution in [1.82, 2.24) is 19.5 Å². The highest BCUT2D eigenvalue weighted by atomic mass is 19.4. The lowest BCUT2D eigenvalue weighted by Crippen LogP contribution is -2.61. The van der Waals surface area contributed by atoms with Crippen LogP contribution >= 0.6 is 0 Å². The first kappa shape index (κ1) is 58.0. The van der Waals surface area contributed by atoms with E-state index in [4.69, 9.17) is 15.0 Å². The summed E-state index contributed by atoms with van der Waals surface area (Å²) in [6.07, 6.45) is -4.74. The highest BCUT2D eigenvalue weighted by Crippen LogP contribution is 2.50. The molecule has 6 nitrogen and oxygen atoms in total. The van der Waals surface area contributed by atoms with E-state index in [1.54, 1.807) is 10.6 Å². The van der Waals surface area contributed by atoms with Crippen LogP contribution in [0.5, 0.6) is 0 Å². The number of hydrogen-bond donors (Lipinski definition) is 0. The molecule has 16 aromatic rings. The van der Waals surface area contributed by atoms with Gasteiger partial charge in [-0.25, -0.2) is 15.0 Å². The molecule has 0 atom stereocenters. The van der Waals surface area contributed by atoms with Crippen molar-refractivity contribution in [3.63, 3.8) is 0 Å². The van der Waals surface area contributed by atoms with Gasteiger partial charge in [0.15, 0.2) is 17.5 Å². The van der Waals surface area contributed by atoms with Gasteiger partial charge >= 0.3 is 6.18 Å². The smallest absolute Gasteiger partial charge is 0.311 e. The van der Waals surface area contributed by atoms with Gasteiger partial charge in [-0.1, -0.05) is 249 Å². The fourth-order valence-electron chi connectivity index (χ4n) is 14.7. The molecule has 0 spiro atoms. The quantitative estimate of drug-likeness (QED) is 0.121. The second-order valence-corrected chi connectivity index (χ2v) is 25.0. The molecular weight excluding hydrogens is 1210 g/mol. The van der Waals surface area contributed by atoms with Crippen LogP contribution in [0.3, 0.4) is 0 Å². The molecule has 2 aliphatic heterocycles. The Morgan fingerprint density at radius 2 is 0.612 bits per heavy atom. The van der Waals surface area contributed by atoms with Gasteiger partial charge in [0, 0.05) is 61.6 Å². The number of anilines is 6. The number of rotatable bonds is 11. The lowest BCUT2D eigenvalue weighted by molar-refractivity contribution is -0.137. The Kier molecular flexibility index (Phi) is 14.0. The molecule has 0 unspecified atom stereocenters. The van der Waals surface area contributed by atoms with Gasteiger partial charge in [-0.05, 0) is 163 Å². The average molecular weight is 1270 g/mol. The summed E-state index contributed by atoms with van der Waals surface area (Å²) in [5.74, 6) is 1.05. The van der Waals surface area contributed by atoms with Gasteiger partial charge in [-0.15, -0.1) is 0 Å². The largest absolute Gasteiger partial charge is 0.418 e. The second-order valence-electron chi connectivity index (χ2n) is 25.0. The third kappa shape index (κ3) is 10.1. The highest BCUT2D eigenvalue weighted by molar-refractivity contribution is 7.00. The minimum absolute atomic E-state index is 0.0510. The molecule has 462 valence electrons. The summed E-state index contributed by atoms with van der Waals surface area (Å²) in [4.78, 5) is 19.7. The van der Waals surface area contributed by atoms with Crippen molar-refractivity contribution in [3.8, 4) is 95.5 Å². The molecular formula is C88H56BF3N6. The number of benzene rings is 14. The molecule has 0 aliphatic carbocycles.